The second-order valence-electron chi connectivity index (χ2n) is 6.38. The highest BCUT2D eigenvalue weighted by molar-refractivity contribution is 5.91. The number of ether oxygens (including phenoxy) is 2. The third-order valence-corrected chi connectivity index (χ3v) is 4.26. The SMILES string of the molecule is C=CC(=O)OCCCCCC(O)c1ccc(C(=O)Oc2ccc(C#N)cc2)cc1. The van der Waals surface area contributed by atoms with Crippen LogP contribution in [0.25, 0.3) is 0 Å². The molecule has 0 spiro atoms. The number of nitrogens with zero attached hydrogens (tertiary/aromatic N) is 1. The summed E-state index contributed by atoms with van der Waals surface area (Å²) in [6.45, 7) is 3.67. The topological polar surface area (TPSA) is 96.6 Å². The molecule has 1 atom stereocenters. The zero-order chi connectivity index (χ0) is 21.1. The van der Waals surface area contributed by atoms with Gasteiger partial charge in [-0.25, -0.2) is 9.59 Å². The average molecular weight is 393 g/mol. The van der Waals surface area contributed by atoms with Gasteiger partial charge in [0.1, 0.15) is 5.75 Å². The number of esters is 2. The van der Waals surface area contributed by atoms with Crippen LogP contribution in [-0.2, 0) is 9.53 Å². The lowest BCUT2D eigenvalue weighted by Gasteiger charge is -2.11. The summed E-state index contributed by atoms with van der Waals surface area (Å²) in [5.41, 5.74) is 1.58. The quantitative estimate of drug-likeness (QED) is 0.282. The van der Waals surface area contributed by atoms with E-state index in [1.165, 1.54) is 0 Å². The van der Waals surface area contributed by atoms with Crippen LogP contribution in [0.1, 0.15) is 53.3 Å². The van der Waals surface area contributed by atoms with Crippen molar-refractivity contribution in [3.8, 4) is 11.8 Å². The van der Waals surface area contributed by atoms with Gasteiger partial charge in [0, 0.05) is 6.08 Å². The van der Waals surface area contributed by atoms with Gasteiger partial charge in [0.2, 0.25) is 0 Å². The van der Waals surface area contributed by atoms with E-state index < -0.39 is 18.0 Å². The fraction of sp³-hybridized carbons (Fsp3) is 0.261. The molecule has 0 amide bonds. The van der Waals surface area contributed by atoms with E-state index in [4.69, 9.17) is 14.7 Å². The molecule has 1 unspecified atom stereocenters. The van der Waals surface area contributed by atoms with Crippen LogP contribution in [0.2, 0.25) is 0 Å². The summed E-state index contributed by atoms with van der Waals surface area (Å²) in [6, 6.07) is 14.9. The molecule has 0 fully saturated rings. The molecule has 6 nitrogen and oxygen atoms in total. The molecule has 2 aromatic rings. The Hall–Kier alpha value is -3.43. The molecule has 0 heterocycles. The van der Waals surface area contributed by atoms with Gasteiger partial charge in [-0.15, -0.1) is 0 Å². The highest BCUT2D eigenvalue weighted by Crippen LogP contribution is 2.21. The molecule has 0 aliphatic rings. The normalized spacial score (nSPS) is 11.2. The molecule has 0 aliphatic heterocycles. The predicted molar refractivity (Wildman–Crippen MR) is 107 cm³/mol. The minimum absolute atomic E-state index is 0.344. The van der Waals surface area contributed by atoms with E-state index in [0.717, 1.165) is 30.9 Å². The van der Waals surface area contributed by atoms with Gasteiger partial charge in [-0.3, -0.25) is 0 Å². The van der Waals surface area contributed by atoms with Gasteiger partial charge in [-0.1, -0.05) is 25.1 Å². The maximum Gasteiger partial charge on any atom is 0.343 e. The van der Waals surface area contributed by atoms with Crippen LogP contribution in [0.15, 0.2) is 61.2 Å². The first-order valence-corrected chi connectivity index (χ1v) is 9.33. The maximum atomic E-state index is 12.2. The zero-order valence-electron chi connectivity index (χ0n) is 16.0. The van der Waals surface area contributed by atoms with Crippen molar-refractivity contribution in [1.29, 1.82) is 5.26 Å². The number of carbonyl (C=O) groups excluding carboxylic acids is 2. The van der Waals surface area contributed by atoms with Crippen LogP contribution < -0.4 is 4.74 Å². The number of carbonyl (C=O) groups is 2. The van der Waals surface area contributed by atoms with Crippen molar-refractivity contribution < 1.29 is 24.2 Å². The summed E-state index contributed by atoms with van der Waals surface area (Å²) < 4.78 is 10.2. The molecule has 0 aliphatic carbocycles. The standard InChI is InChI=1S/C23H23NO5/c1-2-22(26)28-15-5-3-4-6-21(25)18-9-11-19(12-10-18)23(27)29-20-13-7-17(16-24)8-14-20/h2,7-14,21,25H,1,3-6,15H2. The van der Waals surface area contributed by atoms with E-state index in [1.807, 2.05) is 6.07 Å². The Kier molecular flexibility index (Phi) is 8.61. The summed E-state index contributed by atoms with van der Waals surface area (Å²) in [5, 5.41) is 19.1. The highest BCUT2D eigenvalue weighted by atomic mass is 16.5. The first-order valence-electron chi connectivity index (χ1n) is 9.33. The van der Waals surface area contributed by atoms with Gasteiger partial charge >= 0.3 is 11.9 Å². The largest absolute Gasteiger partial charge is 0.463 e. The van der Waals surface area contributed by atoms with Crippen molar-refractivity contribution in [1.82, 2.24) is 0 Å². The van der Waals surface area contributed by atoms with E-state index in [0.29, 0.717) is 29.9 Å². The minimum atomic E-state index is -0.630. The molecular weight excluding hydrogens is 370 g/mol. The van der Waals surface area contributed by atoms with Gasteiger partial charge in [-0.05, 0) is 61.2 Å². The second kappa shape index (κ2) is 11.4. The molecule has 0 saturated carbocycles. The van der Waals surface area contributed by atoms with E-state index in [2.05, 4.69) is 6.58 Å². The molecule has 0 saturated heterocycles. The first-order chi connectivity index (χ1) is 14.0. The number of aliphatic hydroxyl groups excluding tert-OH is 1. The van der Waals surface area contributed by atoms with Gasteiger partial charge in [0.05, 0.1) is 29.9 Å². The average Bonchev–Trinajstić information content (AvgIpc) is 2.76. The van der Waals surface area contributed by atoms with Crippen LogP contribution in [-0.4, -0.2) is 23.7 Å². The first kappa shape index (κ1) is 21.9. The minimum Gasteiger partial charge on any atom is -0.463 e. The van der Waals surface area contributed by atoms with E-state index in [-0.39, 0.29) is 0 Å². The number of benzene rings is 2. The smallest absolute Gasteiger partial charge is 0.343 e. The van der Waals surface area contributed by atoms with Crippen LogP contribution in [0, 0.1) is 11.3 Å². The number of rotatable bonds is 10. The van der Waals surface area contributed by atoms with E-state index in [9.17, 15) is 14.7 Å². The molecule has 6 heteroatoms. The number of hydrogen-bond donors (Lipinski definition) is 1. The van der Waals surface area contributed by atoms with Crippen LogP contribution >= 0.6 is 0 Å². The Morgan fingerprint density at radius 3 is 2.38 bits per heavy atom. The van der Waals surface area contributed by atoms with Crippen molar-refractivity contribution in [2.45, 2.75) is 31.8 Å². The fourth-order valence-corrected chi connectivity index (χ4v) is 2.62. The van der Waals surface area contributed by atoms with Crippen LogP contribution in [0.4, 0.5) is 0 Å². The molecule has 2 rings (SSSR count). The number of nitriles is 1. The maximum absolute atomic E-state index is 12.2. The molecule has 0 bridgehead atoms. The van der Waals surface area contributed by atoms with Gasteiger partial charge in [0.25, 0.3) is 0 Å². The number of aliphatic hydroxyl groups is 1. The molecule has 150 valence electrons. The Bertz CT molecular complexity index is 866. The highest BCUT2D eigenvalue weighted by Gasteiger charge is 2.12. The summed E-state index contributed by atoms with van der Waals surface area (Å²) in [7, 11) is 0. The molecule has 0 radical (unpaired) electrons. The van der Waals surface area contributed by atoms with Crippen LogP contribution in [0.3, 0.4) is 0 Å². The number of hydrogen-bond acceptors (Lipinski definition) is 6. The Balaban J connectivity index is 1.77. The third kappa shape index (κ3) is 7.24. The molecule has 29 heavy (non-hydrogen) atoms. The molecule has 2 aromatic carbocycles. The Labute approximate surface area is 170 Å². The van der Waals surface area contributed by atoms with Crippen molar-refractivity contribution in [2.75, 3.05) is 6.61 Å². The number of unbranched alkanes of at least 4 members (excludes halogenated alkanes) is 2. The predicted octanol–water partition coefficient (Wildman–Crippen LogP) is 4.10. The summed E-state index contributed by atoms with van der Waals surface area (Å²) in [4.78, 5) is 23.1. The van der Waals surface area contributed by atoms with Crippen molar-refractivity contribution >= 4 is 11.9 Å². The Morgan fingerprint density at radius 1 is 1.07 bits per heavy atom. The summed E-state index contributed by atoms with van der Waals surface area (Å²) in [6.07, 6.45) is 3.42. The molecule has 0 aromatic heterocycles. The van der Waals surface area contributed by atoms with Crippen molar-refractivity contribution in [3.63, 3.8) is 0 Å². The summed E-state index contributed by atoms with van der Waals surface area (Å²) >= 11 is 0. The lowest BCUT2D eigenvalue weighted by atomic mass is 10.0. The molecular formula is C23H23NO5. The van der Waals surface area contributed by atoms with Gasteiger partial charge in [-0.2, -0.15) is 5.26 Å². The third-order valence-electron chi connectivity index (χ3n) is 4.26. The van der Waals surface area contributed by atoms with Gasteiger partial charge in [0.15, 0.2) is 0 Å². The van der Waals surface area contributed by atoms with Crippen molar-refractivity contribution in [2.24, 2.45) is 0 Å². The zero-order valence-corrected chi connectivity index (χ0v) is 16.0. The monoisotopic (exact) mass is 393 g/mol. The lowest BCUT2D eigenvalue weighted by Crippen LogP contribution is -2.09. The lowest BCUT2D eigenvalue weighted by molar-refractivity contribution is -0.137. The Morgan fingerprint density at radius 2 is 1.76 bits per heavy atom. The van der Waals surface area contributed by atoms with E-state index >= 15 is 0 Å². The van der Waals surface area contributed by atoms with Crippen LogP contribution in [0.5, 0.6) is 5.75 Å². The second-order valence-corrected chi connectivity index (χ2v) is 6.38. The van der Waals surface area contributed by atoms with E-state index in [1.54, 1.807) is 48.5 Å². The fourth-order valence-electron chi connectivity index (χ4n) is 2.62. The van der Waals surface area contributed by atoms with Crippen molar-refractivity contribution in [3.05, 3.63) is 77.9 Å². The molecule has 1 N–H and O–H groups in total. The van der Waals surface area contributed by atoms with Gasteiger partial charge < -0.3 is 14.6 Å². The summed E-state index contributed by atoms with van der Waals surface area (Å²) in [5.74, 6) is -0.579.